The standard InChI is InChI=1S/C18H15ClN2O2/c19-15-9-8-11(10-17(15)21(22)23)18-14-6-3-5-12(14)13-4-1-2-7-16(13)20-18/h1-5,7-10,12,14,18,20H,6H2/t12-,14-,18+/m1/s1. The molecule has 4 nitrogen and oxygen atoms in total. The molecule has 1 aliphatic carbocycles. The Morgan fingerprint density at radius 3 is 2.87 bits per heavy atom. The average molecular weight is 327 g/mol. The van der Waals surface area contributed by atoms with Crippen LogP contribution in [0.1, 0.15) is 29.5 Å². The molecular formula is C18H15ClN2O2. The molecule has 1 heterocycles. The lowest BCUT2D eigenvalue weighted by Gasteiger charge is -2.37. The second kappa shape index (κ2) is 5.39. The first kappa shape index (κ1) is 14.3. The van der Waals surface area contributed by atoms with Crippen molar-refractivity contribution in [3.8, 4) is 0 Å². The maximum atomic E-state index is 11.2. The molecule has 3 atom stereocenters. The molecule has 0 radical (unpaired) electrons. The zero-order valence-electron chi connectivity index (χ0n) is 12.3. The number of allylic oxidation sites excluding steroid dienone is 2. The molecule has 2 aromatic rings. The van der Waals surface area contributed by atoms with Gasteiger partial charge in [0.1, 0.15) is 5.02 Å². The lowest BCUT2D eigenvalue weighted by molar-refractivity contribution is -0.384. The van der Waals surface area contributed by atoms with Crippen molar-refractivity contribution < 1.29 is 4.92 Å². The highest BCUT2D eigenvalue weighted by Crippen LogP contribution is 2.50. The lowest BCUT2D eigenvalue weighted by Crippen LogP contribution is -2.29. The van der Waals surface area contributed by atoms with Gasteiger partial charge in [-0.1, -0.05) is 48.0 Å². The summed E-state index contributed by atoms with van der Waals surface area (Å²) in [5.41, 5.74) is 3.27. The van der Waals surface area contributed by atoms with Crippen LogP contribution in [-0.2, 0) is 0 Å². The summed E-state index contributed by atoms with van der Waals surface area (Å²) < 4.78 is 0. The van der Waals surface area contributed by atoms with Crippen molar-refractivity contribution in [2.24, 2.45) is 5.92 Å². The van der Waals surface area contributed by atoms with Crippen LogP contribution >= 0.6 is 11.6 Å². The van der Waals surface area contributed by atoms with Gasteiger partial charge < -0.3 is 5.32 Å². The van der Waals surface area contributed by atoms with Crippen LogP contribution in [0.25, 0.3) is 0 Å². The molecule has 0 bridgehead atoms. The van der Waals surface area contributed by atoms with Gasteiger partial charge in [-0.05, 0) is 35.6 Å². The van der Waals surface area contributed by atoms with Crippen LogP contribution in [0, 0.1) is 16.0 Å². The number of para-hydroxylation sites is 1. The molecule has 1 N–H and O–H groups in total. The van der Waals surface area contributed by atoms with Crippen LogP contribution in [0.15, 0.2) is 54.6 Å². The minimum Gasteiger partial charge on any atom is -0.378 e. The second-order valence-corrected chi connectivity index (χ2v) is 6.44. The van der Waals surface area contributed by atoms with Gasteiger partial charge in [0.2, 0.25) is 0 Å². The highest BCUT2D eigenvalue weighted by atomic mass is 35.5. The van der Waals surface area contributed by atoms with E-state index >= 15 is 0 Å². The fourth-order valence-corrected chi connectivity index (χ4v) is 3.92. The Balaban J connectivity index is 1.78. The predicted molar refractivity (Wildman–Crippen MR) is 90.9 cm³/mol. The average Bonchev–Trinajstić information content (AvgIpc) is 3.04. The van der Waals surface area contributed by atoms with Crippen LogP contribution in [0.3, 0.4) is 0 Å². The first-order valence-electron chi connectivity index (χ1n) is 7.61. The summed E-state index contributed by atoms with van der Waals surface area (Å²) in [7, 11) is 0. The summed E-state index contributed by atoms with van der Waals surface area (Å²) in [5, 5.41) is 14.9. The molecule has 2 aliphatic rings. The topological polar surface area (TPSA) is 55.2 Å². The van der Waals surface area contributed by atoms with Crippen molar-refractivity contribution in [1.29, 1.82) is 0 Å². The lowest BCUT2D eigenvalue weighted by atomic mass is 9.77. The Bertz CT molecular complexity index is 818. The number of halogens is 1. The number of benzene rings is 2. The third-order valence-electron chi connectivity index (χ3n) is 4.80. The van der Waals surface area contributed by atoms with E-state index in [4.69, 9.17) is 11.6 Å². The second-order valence-electron chi connectivity index (χ2n) is 6.03. The van der Waals surface area contributed by atoms with Crippen molar-refractivity contribution >= 4 is 23.0 Å². The van der Waals surface area contributed by atoms with E-state index < -0.39 is 4.92 Å². The molecule has 4 rings (SSSR count). The third kappa shape index (κ3) is 2.30. The highest BCUT2D eigenvalue weighted by Gasteiger charge is 2.38. The van der Waals surface area contributed by atoms with Gasteiger partial charge in [-0.2, -0.15) is 0 Å². The quantitative estimate of drug-likeness (QED) is 0.476. The van der Waals surface area contributed by atoms with E-state index in [2.05, 4.69) is 35.7 Å². The van der Waals surface area contributed by atoms with Crippen LogP contribution in [0.2, 0.25) is 5.02 Å². The number of nitrogens with zero attached hydrogens (tertiary/aromatic N) is 1. The molecule has 0 unspecified atom stereocenters. The molecule has 5 heteroatoms. The van der Waals surface area contributed by atoms with Crippen LogP contribution in [-0.4, -0.2) is 4.92 Å². The summed E-state index contributed by atoms with van der Waals surface area (Å²) >= 11 is 5.95. The summed E-state index contributed by atoms with van der Waals surface area (Å²) in [6.07, 6.45) is 5.42. The summed E-state index contributed by atoms with van der Waals surface area (Å²) in [5.74, 6) is 0.720. The Hall–Kier alpha value is -2.33. The van der Waals surface area contributed by atoms with Crippen LogP contribution < -0.4 is 5.32 Å². The van der Waals surface area contributed by atoms with Gasteiger partial charge in [0.05, 0.1) is 11.0 Å². The first-order chi connectivity index (χ1) is 11.1. The van der Waals surface area contributed by atoms with Crippen molar-refractivity contribution in [1.82, 2.24) is 0 Å². The molecule has 0 spiro atoms. The van der Waals surface area contributed by atoms with Gasteiger partial charge in [0.25, 0.3) is 5.69 Å². The number of hydrogen-bond acceptors (Lipinski definition) is 3. The SMILES string of the molecule is O=[N+]([O-])c1cc([C@@H]2Nc3ccccc3[C@H]3C=CC[C@H]32)ccc1Cl. The summed E-state index contributed by atoms with van der Waals surface area (Å²) in [4.78, 5) is 10.7. The molecule has 0 saturated heterocycles. The maximum Gasteiger partial charge on any atom is 0.288 e. The summed E-state index contributed by atoms with van der Waals surface area (Å²) in [6, 6.07) is 13.4. The zero-order valence-corrected chi connectivity index (χ0v) is 13.0. The van der Waals surface area contributed by atoms with E-state index in [0.29, 0.717) is 11.8 Å². The van der Waals surface area contributed by atoms with E-state index in [1.165, 1.54) is 5.56 Å². The Kier molecular flexibility index (Phi) is 3.34. The molecule has 2 aromatic carbocycles. The summed E-state index contributed by atoms with van der Waals surface area (Å²) in [6.45, 7) is 0. The van der Waals surface area contributed by atoms with E-state index in [-0.39, 0.29) is 16.8 Å². The molecule has 0 fully saturated rings. The Labute approximate surface area is 138 Å². The maximum absolute atomic E-state index is 11.2. The zero-order chi connectivity index (χ0) is 16.0. The van der Waals surface area contributed by atoms with Gasteiger partial charge in [-0.3, -0.25) is 10.1 Å². The Morgan fingerprint density at radius 2 is 2.04 bits per heavy atom. The molecule has 0 aromatic heterocycles. The van der Waals surface area contributed by atoms with Gasteiger partial charge >= 0.3 is 0 Å². The molecule has 23 heavy (non-hydrogen) atoms. The predicted octanol–water partition coefficient (Wildman–Crippen LogP) is 5.07. The number of hydrogen-bond donors (Lipinski definition) is 1. The van der Waals surface area contributed by atoms with Crippen LogP contribution in [0.5, 0.6) is 0 Å². The van der Waals surface area contributed by atoms with Gasteiger partial charge in [0.15, 0.2) is 0 Å². The van der Waals surface area contributed by atoms with Gasteiger partial charge in [-0.25, -0.2) is 0 Å². The van der Waals surface area contributed by atoms with Crippen molar-refractivity contribution in [3.63, 3.8) is 0 Å². The van der Waals surface area contributed by atoms with Crippen molar-refractivity contribution in [2.75, 3.05) is 5.32 Å². The van der Waals surface area contributed by atoms with E-state index in [0.717, 1.165) is 17.7 Å². The Morgan fingerprint density at radius 1 is 1.22 bits per heavy atom. The van der Waals surface area contributed by atoms with E-state index in [1.807, 2.05) is 12.1 Å². The van der Waals surface area contributed by atoms with E-state index in [1.54, 1.807) is 12.1 Å². The van der Waals surface area contributed by atoms with Crippen LogP contribution in [0.4, 0.5) is 11.4 Å². The van der Waals surface area contributed by atoms with Gasteiger partial charge in [-0.15, -0.1) is 0 Å². The number of fused-ring (bicyclic) bond motifs is 3. The fraction of sp³-hybridized carbons (Fsp3) is 0.222. The molecule has 1 aliphatic heterocycles. The van der Waals surface area contributed by atoms with Crippen molar-refractivity contribution in [3.05, 3.63) is 80.9 Å². The largest absolute Gasteiger partial charge is 0.378 e. The first-order valence-corrected chi connectivity index (χ1v) is 7.99. The van der Waals surface area contributed by atoms with E-state index in [9.17, 15) is 10.1 Å². The molecule has 0 amide bonds. The normalized spacial score (nSPS) is 24.7. The number of nitro benzene ring substituents is 1. The number of nitro groups is 1. The van der Waals surface area contributed by atoms with Crippen molar-refractivity contribution in [2.45, 2.75) is 18.4 Å². The monoisotopic (exact) mass is 326 g/mol. The molecular weight excluding hydrogens is 312 g/mol. The minimum atomic E-state index is -0.424. The number of rotatable bonds is 2. The molecule has 116 valence electrons. The number of nitrogens with one attached hydrogen (secondary N) is 1. The highest BCUT2D eigenvalue weighted by molar-refractivity contribution is 6.32. The van der Waals surface area contributed by atoms with Gasteiger partial charge in [0, 0.05) is 17.7 Å². The third-order valence-corrected chi connectivity index (χ3v) is 5.12. The number of anilines is 1. The smallest absolute Gasteiger partial charge is 0.288 e. The minimum absolute atomic E-state index is 0.0349. The fourth-order valence-electron chi connectivity index (χ4n) is 3.74. The molecule has 0 saturated carbocycles.